The van der Waals surface area contributed by atoms with Gasteiger partial charge in [0.05, 0.1) is 30.0 Å². The Bertz CT molecular complexity index is 899. The van der Waals surface area contributed by atoms with E-state index >= 15 is 0 Å². The zero-order valence-corrected chi connectivity index (χ0v) is 18.6. The standard InChI is InChI=1S/C22H30N4O3S/c1-16-11-17(2)13-25(12-16)20(27)14-26-19-6-4-3-5-18(19)23-22(26)30-15-21(28)24-7-9-29-10-8-24/h3-6,16-17H,7-15H2,1-2H3/t16-,17+. The number of fused-ring (bicyclic) bond motifs is 1. The molecule has 8 heteroatoms. The Morgan fingerprint density at radius 2 is 1.77 bits per heavy atom. The number of thioether (sulfide) groups is 1. The number of piperidine rings is 1. The van der Waals surface area contributed by atoms with Crippen molar-refractivity contribution in [3.63, 3.8) is 0 Å². The van der Waals surface area contributed by atoms with E-state index in [1.165, 1.54) is 18.2 Å². The minimum absolute atomic E-state index is 0.0897. The van der Waals surface area contributed by atoms with Crippen molar-refractivity contribution in [1.29, 1.82) is 0 Å². The third kappa shape index (κ3) is 4.81. The van der Waals surface area contributed by atoms with Gasteiger partial charge < -0.3 is 19.1 Å². The summed E-state index contributed by atoms with van der Waals surface area (Å²) in [6.07, 6.45) is 1.17. The lowest BCUT2D eigenvalue weighted by Crippen LogP contribution is -2.44. The van der Waals surface area contributed by atoms with Crippen LogP contribution < -0.4 is 0 Å². The number of amides is 2. The predicted molar refractivity (Wildman–Crippen MR) is 117 cm³/mol. The highest BCUT2D eigenvalue weighted by Gasteiger charge is 2.27. The Hall–Kier alpha value is -2.06. The van der Waals surface area contributed by atoms with Gasteiger partial charge in [0, 0.05) is 26.2 Å². The first-order chi connectivity index (χ1) is 14.5. The van der Waals surface area contributed by atoms with Gasteiger partial charge in [-0.3, -0.25) is 9.59 Å². The summed E-state index contributed by atoms with van der Waals surface area (Å²) in [5, 5.41) is 0.726. The summed E-state index contributed by atoms with van der Waals surface area (Å²) < 4.78 is 7.30. The Morgan fingerprint density at radius 1 is 1.07 bits per heavy atom. The van der Waals surface area contributed by atoms with Crippen LogP contribution in [0.15, 0.2) is 29.4 Å². The maximum Gasteiger partial charge on any atom is 0.242 e. The van der Waals surface area contributed by atoms with E-state index in [1.54, 1.807) is 0 Å². The molecule has 0 aliphatic carbocycles. The van der Waals surface area contributed by atoms with Crippen LogP contribution in [-0.4, -0.2) is 76.3 Å². The molecule has 0 unspecified atom stereocenters. The van der Waals surface area contributed by atoms with Crippen LogP contribution in [0.2, 0.25) is 0 Å². The smallest absolute Gasteiger partial charge is 0.242 e. The number of benzene rings is 1. The molecule has 0 spiro atoms. The van der Waals surface area contributed by atoms with Crippen LogP contribution in [0.5, 0.6) is 0 Å². The van der Waals surface area contributed by atoms with Crippen molar-refractivity contribution >= 4 is 34.6 Å². The molecule has 1 aromatic carbocycles. The average molecular weight is 431 g/mol. The minimum Gasteiger partial charge on any atom is -0.378 e. The molecule has 1 aromatic heterocycles. The van der Waals surface area contributed by atoms with Gasteiger partial charge >= 0.3 is 0 Å². The largest absolute Gasteiger partial charge is 0.378 e. The van der Waals surface area contributed by atoms with E-state index in [-0.39, 0.29) is 18.4 Å². The molecule has 7 nitrogen and oxygen atoms in total. The van der Waals surface area contributed by atoms with Crippen LogP contribution >= 0.6 is 11.8 Å². The first kappa shape index (κ1) is 21.2. The van der Waals surface area contributed by atoms with Crippen molar-refractivity contribution in [2.45, 2.75) is 32.0 Å². The molecule has 2 aromatic rings. The number of para-hydroxylation sites is 2. The summed E-state index contributed by atoms with van der Waals surface area (Å²) in [6, 6.07) is 7.85. The number of hydrogen-bond donors (Lipinski definition) is 0. The van der Waals surface area contributed by atoms with Gasteiger partial charge in [-0.25, -0.2) is 4.98 Å². The number of likely N-dealkylation sites (tertiary alicyclic amines) is 1. The Kier molecular flexibility index (Phi) is 6.63. The summed E-state index contributed by atoms with van der Waals surface area (Å²) in [6.45, 7) is 8.77. The topological polar surface area (TPSA) is 67.7 Å². The molecular weight excluding hydrogens is 400 g/mol. The number of carbonyl (C=O) groups excluding carboxylic acids is 2. The average Bonchev–Trinajstić information content (AvgIpc) is 3.09. The van der Waals surface area contributed by atoms with E-state index in [1.807, 2.05) is 38.6 Å². The van der Waals surface area contributed by atoms with Gasteiger partial charge in [-0.1, -0.05) is 37.7 Å². The van der Waals surface area contributed by atoms with E-state index in [2.05, 4.69) is 13.8 Å². The maximum absolute atomic E-state index is 13.1. The molecule has 2 aliphatic rings. The van der Waals surface area contributed by atoms with Gasteiger partial charge in [-0.2, -0.15) is 0 Å². The Balaban J connectivity index is 1.50. The molecule has 2 aliphatic heterocycles. The van der Waals surface area contributed by atoms with Crippen molar-refractivity contribution in [1.82, 2.24) is 19.4 Å². The third-order valence-corrected chi connectivity index (χ3v) is 6.78. The fraction of sp³-hybridized carbons (Fsp3) is 0.591. The second kappa shape index (κ2) is 9.39. The van der Waals surface area contributed by atoms with Gasteiger partial charge in [0.25, 0.3) is 0 Å². The zero-order chi connectivity index (χ0) is 21.1. The Labute approximate surface area is 181 Å². The lowest BCUT2D eigenvalue weighted by molar-refractivity contribution is -0.134. The molecule has 2 atom stereocenters. The van der Waals surface area contributed by atoms with E-state index in [9.17, 15) is 9.59 Å². The number of aromatic nitrogens is 2. The second-order valence-corrected chi connectivity index (χ2v) is 9.44. The zero-order valence-electron chi connectivity index (χ0n) is 17.7. The second-order valence-electron chi connectivity index (χ2n) is 8.50. The maximum atomic E-state index is 13.1. The number of hydrogen-bond acceptors (Lipinski definition) is 5. The van der Waals surface area contributed by atoms with Gasteiger partial charge in [0.15, 0.2) is 5.16 Å². The summed E-state index contributed by atoms with van der Waals surface area (Å²) in [5.41, 5.74) is 1.79. The molecule has 2 amide bonds. The van der Waals surface area contributed by atoms with Crippen LogP contribution in [0.25, 0.3) is 11.0 Å². The van der Waals surface area contributed by atoms with Crippen molar-refractivity contribution in [3.8, 4) is 0 Å². The van der Waals surface area contributed by atoms with Crippen molar-refractivity contribution in [2.24, 2.45) is 11.8 Å². The van der Waals surface area contributed by atoms with Crippen molar-refractivity contribution in [2.75, 3.05) is 45.1 Å². The first-order valence-electron chi connectivity index (χ1n) is 10.7. The van der Waals surface area contributed by atoms with E-state index in [0.29, 0.717) is 43.9 Å². The number of carbonyl (C=O) groups is 2. The quantitative estimate of drug-likeness (QED) is 0.682. The molecular formula is C22H30N4O3S. The molecule has 2 saturated heterocycles. The molecule has 4 rings (SSSR count). The van der Waals surface area contributed by atoms with Gasteiger partial charge in [0.1, 0.15) is 6.54 Å². The monoisotopic (exact) mass is 430 g/mol. The minimum atomic E-state index is 0.0897. The normalized spacial score (nSPS) is 22.5. The van der Waals surface area contributed by atoms with E-state index in [4.69, 9.17) is 9.72 Å². The molecule has 0 bridgehead atoms. The summed E-state index contributed by atoms with van der Waals surface area (Å²) >= 11 is 1.41. The van der Waals surface area contributed by atoms with Crippen LogP contribution in [0.4, 0.5) is 0 Å². The van der Waals surface area contributed by atoms with E-state index < -0.39 is 0 Å². The number of ether oxygens (including phenoxy) is 1. The third-order valence-electron chi connectivity index (χ3n) is 5.82. The van der Waals surface area contributed by atoms with Gasteiger partial charge in [0.2, 0.25) is 11.8 Å². The molecule has 0 radical (unpaired) electrons. The molecule has 162 valence electrons. The molecule has 0 saturated carbocycles. The van der Waals surface area contributed by atoms with Crippen LogP contribution in [0.3, 0.4) is 0 Å². The van der Waals surface area contributed by atoms with Crippen LogP contribution in [-0.2, 0) is 20.9 Å². The number of rotatable bonds is 5. The number of imidazole rings is 1. The highest BCUT2D eigenvalue weighted by atomic mass is 32.2. The molecule has 2 fully saturated rings. The summed E-state index contributed by atoms with van der Waals surface area (Å²) in [5.74, 6) is 1.58. The molecule has 3 heterocycles. The molecule has 0 N–H and O–H groups in total. The number of morpholine rings is 1. The van der Waals surface area contributed by atoms with Crippen molar-refractivity contribution < 1.29 is 14.3 Å². The lowest BCUT2D eigenvalue weighted by Gasteiger charge is -2.35. The van der Waals surface area contributed by atoms with Crippen LogP contribution in [0, 0.1) is 11.8 Å². The summed E-state index contributed by atoms with van der Waals surface area (Å²) in [4.78, 5) is 34.2. The lowest BCUT2D eigenvalue weighted by atomic mass is 9.92. The Morgan fingerprint density at radius 3 is 2.50 bits per heavy atom. The highest BCUT2D eigenvalue weighted by Crippen LogP contribution is 2.26. The van der Waals surface area contributed by atoms with Crippen molar-refractivity contribution in [3.05, 3.63) is 24.3 Å². The molecule has 30 heavy (non-hydrogen) atoms. The fourth-order valence-electron chi connectivity index (χ4n) is 4.45. The van der Waals surface area contributed by atoms with Crippen LogP contribution in [0.1, 0.15) is 20.3 Å². The first-order valence-corrected chi connectivity index (χ1v) is 11.7. The predicted octanol–water partition coefficient (Wildman–Crippen LogP) is 2.49. The van der Waals surface area contributed by atoms with Gasteiger partial charge in [-0.05, 0) is 30.4 Å². The van der Waals surface area contributed by atoms with E-state index in [0.717, 1.165) is 29.3 Å². The SMILES string of the molecule is C[C@@H]1C[C@H](C)CN(C(=O)Cn2c(SCC(=O)N3CCOCC3)nc3ccccc32)C1. The fourth-order valence-corrected chi connectivity index (χ4v) is 5.37. The highest BCUT2D eigenvalue weighted by molar-refractivity contribution is 7.99. The number of nitrogens with zero attached hydrogens (tertiary/aromatic N) is 4. The van der Waals surface area contributed by atoms with Gasteiger partial charge in [-0.15, -0.1) is 0 Å². The summed E-state index contributed by atoms with van der Waals surface area (Å²) in [7, 11) is 0.